The maximum Gasteiger partial charge on any atom is 0.416 e. The second-order valence-electron chi connectivity index (χ2n) is 7.96. The molecule has 1 N–H and O–H groups in total. The first kappa shape index (κ1) is 23.3. The van der Waals surface area contributed by atoms with Gasteiger partial charge in [0.2, 0.25) is 5.91 Å². The van der Waals surface area contributed by atoms with E-state index in [1.54, 1.807) is 0 Å². The smallest absolute Gasteiger partial charge is 0.416 e. The Labute approximate surface area is 192 Å². The molecule has 176 valence electrons. The highest BCUT2D eigenvalue weighted by atomic mass is 19.4. The third kappa shape index (κ3) is 6.15. The summed E-state index contributed by atoms with van der Waals surface area (Å²) in [5, 5.41) is 2.66. The number of benzene rings is 1. The molecule has 0 radical (unpaired) electrons. The Hall–Kier alpha value is -3.82. The first-order valence-electron chi connectivity index (χ1n) is 10.4. The van der Waals surface area contributed by atoms with Gasteiger partial charge >= 0.3 is 6.18 Å². The molecule has 0 unspecified atom stereocenters. The number of hydrogen-bond acceptors (Lipinski definition) is 5. The summed E-state index contributed by atoms with van der Waals surface area (Å²) in [6.45, 7) is 0. The molecule has 1 aliphatic carbocycles. The van der Waals surface area contributed by atoms with Crippen molar-refractivity contribution < 1.29 is 31.9 Å². The van der Waals surface area contributed by atoms with E-state index in [1.807, 2.05) is 0 Å². The number of rotatable bonds is 8. The predicted molar refractivity (Wildman–Crippen MR) is 114 cm³/mol. The summed E-state index contributed by atoms with van der Waals surface area (Å²) in [4.78, 5) is 32.1. The highest BCUT2D eigenvalue weighted by molar-refractivity contribution is 5.93. The number of ketones is 1. The molecule has 1 aromatic carbocycles. The zero-order valence-electron chi connectivity index (χ0n) is 17.7. The maximum atomic E-state index is 14.5. The van der Waals surface area contributed by atoms with Gasteiger partial charge in [0.25, 0.3) is 5.88 Å². The van der Waals surface area contributed by atoms with E-state index in [1.165, 1.54) is 36.7 Å². The van der Waals surface area contributed by atoms with Crippen LogP contribution in [0.4, 0.5) is 23.4 Å². The number of anilines is 1. The molecule has 1 saturated carbocycles. The van der Waals surface area contributed by atoms with E-state index in [2.05, 4.69) is 15.3 Å². The summed E-state index contributed by atoms with van der Waals surface area (Å²) >= 11 is 0. The van der Waals surface area contributed by atoms with Crippen LogP contribution in [0.3, 0.4) is 0 Å². The van der Waals surface area contributed by atoms with Crippen LogP contribution in [0.5, 0.6) is 11.6 Å². The number of Topliss-reactive ketones (excluding diaryl/α,β-unsaturated/α-hetero) is 1. The van der Waals surface area contributed by atoms with Gasteiger partial charge in [0, 0.05) is 37.2 Å². The van der Waals surface area contributed by atoms with Crippen LogP contribution in [0.2, 0.25) is 0 Å². The van der Waals surface area contributed by atoms with Gasteiger partial charge in [-0.1, -0.05) is 18.2 Å². The van der Waals surface area contributed by atoms with Gasteiger partial charge in [-0.3, -0.25) is 9.59 Å². The van der Waals surface area contributed by atoms with E-state index in [-0.39, 0.29) is 59.0 Å². The van der Waals surface area contributed by atoms with Gasteiger partial charge in [-0.2, -0.15) is 13.2 Å². The van der Waals surface area contributed by atoms with Crippen molar-refractivity contribution in [2.75, 3.05) is 5.32 Å². The SMILES string of the molecule is O=C(Cc1cccc(C(F)(F)F)c1)Cc1cnc(Oc2ccnc(NC(=O)C3CC3)c2)c(F)c1. The molecule has 1 fully saturated rings. The largest absolute Gasteiger partial charge is 0.436 e. The van der Waals surface area contributed by atoms with Crippen molar-refractivity contribution in [2.45, 2.75) is 31.9 Å². The molecule has 3 aromatic rings. The zero-order valence-corrected chi connectivity index (χ0v) is 17.7. The van der Waals surface area contributed by atoms with E-state index < -0.39 is 17.6 Å². The zero-order chi connectivity index (χ0) is 24.3. The third-order valence-electron chi connectivity index (χ3n) is 5.07. The number of carbonyl (C=O) groups excluding carboxylic acids is 2. The lowest BCUT2D eigenvalue weighted by molar-refractivity contribution is -0.137. The summed E-state index contributed by atoms with van der Waals surface area (Å²) in [6, 6.07) is 8.51. The van der Waals surface area contributed by atoms with Crippen molar-refractivity contribution in [3.63, 3.8) is 0 Å². The summed E-state index contributed by atoms with van der Waals surface area (Å²) < 4.78 is 58.5. The van der Waals surface area contributed by atoms with Crippen molar-refractivity contribution in [3.8, 4) is 11.6 Å². The number of alkyl halides is 3. The van der Waals surface area contributed by atoms with E-state index in [4.69, 9.17) is 4.74 Å². The number of carbonyl (C=O) groups is 2. The number of nitrogens with zero attached hydrogens (tertiary/aromatic N) is 2. The van der Waals surface area contributed by atoms with Crippen molar-refractivity contribution in [3.05, 3.63) is 77.4 Å². The van der Waals surface area contributed by atoms with Crippen LogP contribution in [0.25, 0.3) is 0 Å². The molecule has 2 aromatic heterocycles. The topological polar surface area (TPSA) is 81.2 Å². The molecule has 1 amide bonds. The maximum absolute atomic E-state index is 14.5. The monoisotopic (exact) mass is 473 g/mol. The lowest BCUT2D eigenvalue weighted by Gasteiger charge is -2.10. The molecule has 2 heterocycles. The number of ether oxygens (including phenoxy) is 1. The minimum absolute atomic E-state index is 0.00526. The molecule has 10 heteroatoms. The molecule has 6 nitrogen and oxygen atoms in total. The lowest BCUT2D eigenvalue weighted by atomic mass is 10.0. The van der Waals surface area contributed by atoms with Crippen molar-refractivity contribution in [1.29, 1.82) is 0 Å². The van der Waals surface area contributed by atoms with E-state index in [9.17, 15) is 27.2 Å². The first-order valence-corrected chi connectivity index (χ1v) is 10.4. The Morgan fingerprint density at radius 3 is 2.50 bits per heavy atom. The lowest BCUT2D eigenvalue weighted by Crippen LogP contribution is -2.14. The highest BCUT2D eigenvalue weighted by Gasteiger charge is 2.31. The molecular weight excluding hydrogens is 454 g/mol. The Balaban J connectivity index is 1.38. The summed E-state index contributed by atoms with van der Waals surface area (Å²) in [5.74, 6) is -1.20. The minimum atomic E-state index is -4.50. The Morgan fingerprint density at radius 2 is 1.79 bits per heavy atom. The second-order valence-corrected chi connectivity index (χ2v) is 7.96. The van der Waals surface area contributed by atoms with Gasteiger partial charge < -0.3 is 10.1 Å². The molecular formula is C24H19F4N3O3. The van der Waals surface area contributed by atoms with Gasteiger partial charge in [0.05, 0.1) is 5.56 Å². The normalized spacial score (nSPS) is 13.4. The van der Waals surface area contributed by atoms with Crippen LogP contribution in [0, 0.1) is 11.7 Å². The van der Waals surface area contributed by atoms with Gasteiger partial charge in [-0.25, -0.2) is 14.4 Å². The number of halogens is 4. The van der Waals surface area contributed by atoms with Crippen molar-refractivity contribution in [1.82, 2.24) is 9.97 Å². The number of hydrogen-bond donors (Lipinski definition) is 1. The number of pyridine rings is 2. The second kappa shape index (κ2) is 9.58. The van der Waals surface area contributed by atoms with E-state index >= 15 is 0 Å². The highest BCUT2D eigenvalue weighted by Crippen LogP contribution is 2.31. The molecule has 0 saturated heterocycles. The Kier molecular flexibility index (Phi) is 6.58. The Bertz CT molecular complexity index is 1230. The molecule has 34 heavy (non-hydrogen) atoms. The van der Waals surface area contributed by atoms with Gasteiger partial charge in [-0.15, -0.1) is 0 Å². The van der Waals surface area contributed by atoms with Crippen LogP contribution in [0.15, 0.2) is 54.9 Å². The summed E-state index contributed by atoms with van der Waals surface area (Å²) in [6.07, 6.45) is -0.586. The number of aromatic nitrogens is 2. The van der Waals surface area contributed by atoms with Gasteiger partial charge in [0.1, 0.15) is 17.4 Å². The summed E-state index contributed by atoms with van der Waals surface area (Å²) in [7, 11) is 0. The fraction of sp³-hybridized carbons (Fsp3) is 0.250. The molecule has 0 spiro atoms. The van der Waals surface area contributed by atoms with Crippen LogP contribution >= 0.6 is 0 Å². The quantitative estimate of drug-likeness (QED) is 0.459. The molecule has 0 aliphatic heterocycles. The molecule has 0 bridgehead atoms. The fourth-order valence-electron chi connectivity index (χ4n) is 3.24. The van der Waals surface area contributed by atoms with Crippen LogP contribution in [0.1, 0.15) is 29.5 Å². The van der Waals surface area contributed by atoms with Crippen LogP contribution in [-0.2, 0) is 28.6 Å². The van der Waals surface area contributed by atoms with Gasteiger partial charge in [0.15, 0.2) is 5.82 Å². The molecule has 1 aliphatic rings. The third-order valence-corrected chi connectivity index (χ3v) is 5.07. The average Bonchev–Trinajstić information content (AvgIpc) is 3.61. The Morgan fingerprint density at radius 1 is 1.03 bits per heavy atom. The summed E-state index contributed by atoms with van der Waals surface area (Å²) in [5.41, 5.74) is -0.359. The standard InChI is InChI=1S/C24H19F4N3O3/c25-20-11-15(10-18(32)9-14-2-1-3-17(8-14)24(26,27)28)13-30-23(20)34-19-6-7-29-21(12-19)31-22(33)16-4-5-16/h1-3,6-8,11-13,16H,4-5,9-10H2,(H,29,31,33). The molecule has 0 atom stereocenters. The van der Waals surface area contributed by atoms with Crippen LogP contribution in [-0.4, -0.2) is 21.7 Å². The van der Waals surface area contributed by atoms with Crippen molar-refractivity contribution in [2.24, 2.45) is 5.92 Å². The fourth-order valence-corrected chi connectivity index (χ4v) is 3.24. The number of nitrogens with one attached hydrogen (secondary N) is 1. The van der Waals surface area contributed by atoms with E-state index in [0.29, 0.717) is 0 Å². The van der Waals surface area contributed by atoms with E-state index in [0.717, 1.165) is 31.0 Å². The minimum Gasteiger partial charge on any atom is -0.436 e. The molecule has 4 rings (SSSR count). The van der Waals surface area contributed by atoms with Crippen LogP contribution < -0.4 is 10.1 Å². The average molecular weight is 473 g/mol. The predicted octanol–water partition coefficient (Wildman–Crippen LogP) is 5.13. The first-order chi connectivity index (χ1) is 16.2. The number of amides is 1. The van der Waals surface area contributed by atoms with Gasteiger partial charge in [-0.05, 0) is 42.2 Å². The van der Waals surface area contributed by atoms with Crippen molar-refractivity contribution >= 4 is 17.5 Å².